The van der Waals surface area contributed by atoms with Crippen LogP contribution in [0.5, 0.6) is 0 Å². The normalized spacial score (nSPS) is 11.5. The minimum atomic E-state index is -4.40. The van der Waals surface area contributed by atoms with Crippen molar-refractivity contribution in [2.45, 2.75) is 11.2 Å². The fraction of sp³-hybridized carbons (Fsp3) is 0.167. The van der Waals surface area contributed by atoms with Gasteiger partial charge in [0.2, 0.25) is 5.78 Å². The van der Waals surface area contributed by atoms with E-state index in [-0.39, 0.29) is 17.3 Å². The van der Waals surface area contributed by atoms with Crippen LogP contribution in [0.1, 0.15) is 16.1 Å². The second-order valence-electron chi connectivity index (χ2n) is 3.57. The molecule has 0 aliphatic carbocycles. The molecular weight excluding hydrogens is 279 g/mol. The lowest BCUT2D eigenvalue weighted by molar-refractivity contribution is -0.137. The monoisotopic (exact) mass is 287 g/mol. The Bertz CT molecular complexity index is 549. The molecule has 0 N–H and O–H groups in total. The number of rotatable bonds is 4. The largest absolute Gasteiger partial charge is 0.461 e. The van der Waals surface area contributed by atoms with Crippen LogP contribution in [-0.2, 0) is 6.18 Å². The molecule has 100 valence electrons. The fourth-order valence-corrected chi connectivity index (χ4v) is 1.99. The van der Waals surface area contributed by atoms with Crippen molar-refractivity contribution in [3.8, 4) is 0 Å². The molecule has 0 amide bonds. The third-order valence-corrected chi connectivity index (χ3v) is 3.15. The highest BCUT2D eigenvalue weighted by atomic mass is 32.2. The van der Waals surface area contributed by atoms with Gasteiger partial charge in [-0.2, -0.15) is 13.2 Å². The van der Waals surface area contributed by atoms with E-state index in [0.717, 1.165) is 24.0 Å². The number of ketones is 1. The van der Waals surface area contributed by atoms with Gasteiger partial charge in [0.15, 0.2) is 5.76 Å². The van der Waals surface area contributed by atoms with E-state index < -0.39 is 11.7 Å². The summed E-state index contributed by atoms with van der Waals surface area (Å²) in [6.07, 6.45) is -2.27. The molecule has 2 heterocycles. The summed E-state index contributed by atoms with van der Waals surface area (Å²) in [4.78, 5) is 15.2. The van der Waals surface area contributed by atoms with Gasteiger partial charge in [0.25, 0.3) is 0 Å². The molecule has 0 spiro atoms. The number of nitrogens with zero attached hydrogens (tertiary/aromatic N) is 1. The van der Waals surface area contributed by atoms with Gasteiger partial charge >= 0.3 is 6.18 Å². The summed E-state index contributed by atoms with van der Waals surface area (Å²) in [5.74, 6) is 0.0439. The molecular formula is C12H8F3NO2S. The fourth-order valence-electron chi connectivity index (χ4n) is 1.28. The molecule has 0 atom stereocenters. The smallest absolute Gasteiger partial charge is 0.417 e. The van der Waals surface area contributed by atoms with Crippen molar-refractivity contribution in [1.82, 2.24) is 4.98 Å². The van der Waals surface area contributed by atoms with E-state index in [1.807, 2.05) is 0 Å². The average molecular weight is 287 g/mol. The molecule has 0 fully saturated rings. The zero-order valence-electron chi connectivity index (χ0n) is 9.48. The van der Waals surface area contributed by atoms with Crippen molar-refractivity contribution < 1.29 is 22.4 Å². The molecule has 2 aromatic heterocycles. The van der Waals surface area contributed by atoms with E-state index in [1.165, 1.54) is 18.4 Å². The van der Waals surface area contributed by atoms with Crippen LogP contribution >= 0.6 is 11.8 Å². The van der Waals surface area contributed by atoms with Crippen molar-refractivity contribution in [1.29, 1.82) is 0 Å². The highest BCUT2D eigenvalue weighted by molar-refractivity contribution is 7.99. The summed E-state index contributed by atoms with van der Waals surface area (Å²) in [6, 6.07) is 5.30. The summed E-state index contributed by atoms with van der Waals surface area (Å²) in [5, 5.41) is 0.355. The van der Waals surface area contributed by atoms with Crippen molar-refractivity contribution in [3.63, 3.8) is 0 Å². The SMILES string of the molecule is O=C(CSc1ccc(C(F)(F)F)cn1)c1ccco1. The Kier molecular flexibility index (Phi) is 3.94. The molecule has 0 aromatic carbocycles. The van der Waals surface area contributed by atoms with Gasteiger partial charge in [-0.05, 0) is 24.3 Å². The van der Waals surface area contributed by atoms with E-state index in [2.05, 4.69) is 4.98 Å². The van der Waals surface area contributed by atoms with Gasteiger partial charge in [-0.1, -0.05) is 11.8 Å². The summed E-state index contributed by atoms with van der Waals surface area (Å²) < 4.78 is 41.8. The van der Waals surface area contributed by atoms with Crippen LogP contribution in [0.25, 0.3) is 0 Å². The Balaban J connectivity index is 1.95. The Morgan fingerprint density at radius 1 is 1.32 bits per heavy atom. The Morgan fingerprint density at radius 2 is 2.11 bits per heavy atom. The summed E-state index contributed by atoms with van der Waals surface area (Å²) in [7, 11) is 0. The molecule has 7 heteroatoms. The minimum Gasteiger partial charge on any atom is -0.461 e. The highest BCUT2D eigenvalue weighted by Crippen LogP contribution is 2.29. The number of carbonyl (C=O) groups is 1. The predicted octanol–water partition coefficient (Wildman–Crippen LogP) is 3.67. The molecule has 0 saturated carbocycles. The molecule has 3 nitrogen and oxygen atoms in total. The van der Waals surface area contributed by atoms with E-state index in [9.17, 15) is 18.0 Å². The van der Waals surface area contributed by atoms with Gasteiger partial charge < -0.3 is 4.42 Å². The van der Waals surface area contributed by atoms with Gasteiger partial charge in [0, 0.05) is 6.20 Å². The maximum absolute atomic E-state index is 12.3. The van der Waals surface area contributed by atoms with E-state index in [0.29, 0.717) is 5.03 Å². The quantitative estimate of drug-likeness (QED) is 0.635. The molecule has 0 aliphatic rings. The first kappa shape index (κ1) is 13.7. The molecule has 2 rings (SSSR count). The van der Waals surface area contributed by atoms with Gasteiger partial charge in [-0.25, -0.2) is 4.98 Å². The van der Waals surface area contributed by atoms with Crippen molar-refractivity contribution >= 4 is 17.5 Å². The van der Waals surface area contributed by atoms with E-state index >= 15 is 0 Å². The summed E-state index contributed by atoms with van der Waals surface area (Å²) in [6.45, 7) is 0. The van der Waals surface area contributed by atoms with Crippen LogP contribution in [-0.4, -0.2) is 16.5 Å². The number of alkyl halides is 3. The lowest BCUT2D eigenvalue weighted by Gasteiger charge is -2.06. The molecule has 0 aliphatic heterocycles. The maximum Gasteiger partial charge on any atom is 0.417 e. The van der Waals surface area contributed by atoms with Crippen molar-refractivity contribution in [2.24, 2.45) is 0 Å². The third-order valence-electron chi connectivity index (χ3n) is 2.21. The number of hydrogen-bond acceptors (Lipinski definition) is 4. The van der Waals surface area contributed by atoms with Crippen LogP contribution in [0.15, 0.2) is 46.2 Å². The lowest BCUT2D eigenvalue weighted by atomic mass is 10.3. The van der Waals surface area contributed by atoms with Crippen molar-refractivity contribution in [2.75, 3.05) is 5.75 Å². The Hall–Kier alpha value is -1.76. The number of halogens is 3. The molecule has 0 bridgehead atoms. The predicted molar refractivity (Wildman–Crippen MR) is 63.0 cm³/mol. The second kappa shape index (κ2) is 5.48. The summed E-state index contributed by atoms with van der Waals surface area (Å²) >= 11 is 1.06. The number of hydrogen-bond donors (Lipinski definition) is 0. The summed E-state index contributed by atoms with van der Waals surface area (Å²) in [5.41, 5.74) is -0.811. The standard InChI is InChI=1S/C12H8F3NO2S/c13-12(14,15)8-3-4-11(16-6-8)19-7-9(17)10-2-1-5-18-10/h1-6H,7H2. The molecule has 0 saturated heterocycles. The molecule has 0 unspecified atom stereocenters. The molecule has 19 heavy (non-hydrogen) atoms. The third kappa shape index (κ3) is 3.60. The van der Waals surface area contributed by atoms with Gasteiger partial charge in [-0.15, -0.1) is 0 Å². The van der Waals surface area contributed by atoms with Gasteiger partial charge in [-0.3, -0.25) is 4.79 Å². The van der Waals surface area contributed by atoms with E-state index in [1.54, 1.807) is 6.07 Å². The highest BCUT2D eigenvalue weighted by Gasteiger charge is 2.30. The van der Waals surface area contributed by atoms with Gasteiger partial charge in [0.1, 0.15) is 0 Å². The second-order valence-corrected chi connectivity index (χ2v) is 4.57. The number of pyridine rings is 1. The first-order valence-electron chi connectivity index (χ1n) is 5.19. The van der Waals surface area contributed by atoms with Crippen LogP contribution in [0.2, 0.25) is 0 Å². The lowest BCUT2D eigenvalue weighted by Crippen LogP contribution is -2.05. The van der Waals surface area contributed by atoms with Crippen LogP contribution in [0, 0.1) is 0 Å². The van der Waals surface area contributed by atoms with E-state index in [4.69, 9.17) is 4.42 Å². The number of carbonyl (C=O) groups excluding carboxylic acids is 1. The minimum absolute atomic E-state index is 0.0614. The molecule has 2 aromatic rings. The van der Waals surface area contributed by atoms with Crippen molar-refractivity contribution in [3.05, 3.63) is 48.0 Å². The number of Topliss-reactive ketones (excluding diaryl/α,β-unsaturated/α-hetero) is 1. The van der Waals surface area contributed by atoms with Gasteiger partial charge in [0.05, 0.1) is 22.6 Å². The molecule has 0 radical (unpaired) electrons. The number of furan rings is 1. The van der Waals surface area contributed by atoms with Crippen LogP contribution < -0.4 is 0 Å². The first-order chi connectivity index (χ1) is 8.97. The Morgan fingerprint density at radius 3 is 2.63 bits per heavy atom. The number of thioether (sulfide) groups is 1. The maximum atomic E-state index is 12.3. The topological polar surface area (TPSA) is 43.1 Å². The zero-order chi connectivity index (χ0) is 13.9. The average Bonchev–Trinajstić information content (AvgIpc) is 2.89. The Labute approximate surface area is 110 Å². The number of aromatic nitrogens is 1. The van der Waals surface area contributed by atoms with Crippen LogP contribution in [0.4, 0.5) is 13.2 Å². The van der Waals surface area contributed by atoms with Crippen LogP contribution in [0.3, 0.4) is 0 Å². The zero-order valence-corrected chi connectivity index (χ0v) is 10.3. The first-order valence-corrected chi connectivity index (χ1v) is 6.18.